The smallest absolute Gasteiger partial charge is 0.255 e. The second-order valence-electron chi connectivity index (χ2n) is 9.68. The molecule has 0 fully saturated rings. The van der Waals surface area contributed by atoms with E-state index < -0.39 is 0 Å². The summed E-state index contributed by atoms with van der Waals surface area (Å²) in [6, 6.07) is 28.9. The number of carbonyl (C=O) groups is 2. The Morgan fingerprint density at radius 1 is 0.595 bits per heavy atom. The Morgan fingerprint density at radius 2 is 1.02 bits per heavy atom. The van der Waals surface area contributed by atoms with Crippen molar-refractivity contribution >= 4 is 46.2 Å². The summed E-state index contributed by atoms with van der Waals surface area (Å²) in [5, 5.41) is 20.9. The predicted molar refractivity (Wildman–Crippen MR) is 165 cm³/mol. The Hall–Kier alpha value is -5.64. The monoisotopic (exact) mass is 556 g/mol. The van der Waals surface area contributed by atoms with Gasteiger partial charge in [-0.15, -0.1) is 0 Å². The van der Waals surface area contributed by atoms with Gasteiger partial charge in [0.1, 0.15) is 11.7 Å². The quantitative estimate of drug-likeness (QED) is 0.219. The van der Waals surface area contributed by atoms with E-state index in [2.05, 4.69) is 41.5 Å². The first-order valence-corrected chi connectivity index (χ1v) is 13.6. The Kier molecular flexibility index (Phi) is 7.76. The number of amidine groups is 2. The van der Waals surface area contributed by atoms with Crippen molar-refractivity contribution in [3.05, 3.63) is 119 Å². The van der Waals surface area contributed by atoms with Crippen LogP contribution in [0.2, 0.25) is 0 Å². The average molecular weight is 557 g/mol. The SMILES string of the molecule is O=C(Nc1cccc(C2=NCCN2)c1)c1ccc(N=Nc2ccc(C(=O)Nc3cccc(C4=NCCN4)c3)cc2)cc1. The van der Waals surface area contributed by atoms with E-state index in [-0.39, 0.29) is 11.8 Å². The maximum Gasteiger partial charge on any atom is 0.255 e. The van der Waals surface area contributed by atoms with Crippen LogP contribution >= 0.6 is 0 Å². The standard InChI is InChI=1S/C32H28N8O2/c41-31(37-27-5-1-3-23(19-27)29-33-15-16-34-29)21-7-11-25(12-8-21)39-40-26-13-9-22(10-14-26)32(42)38-28-6-2-4-24(20-28)30-35-17-18-36-30/h1-14,19-20H,15-18H2,(H,33,34)(H,35,36)(H,37,41)(H,38,42). The fraction of sp³-hybridized carbons (Fsp3) is 0.125. The van der Waals surface area contributed by atoms with Crippen LogP contribution < -0.4 is 21.3 Å². The molecule has 0 bridgehead atoms. The van der Waals surface area contributed by atoms with E-state index in [0.717, 1.165) is 49.0 Å². The number of hydrogen-bond acceptors (Lipinski definition) is 8. The topological polar surface area (TPSA) is 132 Å². The largest absolute Gasteiger partial charge is 0.368 e. The van der Waals surface area contributed by atoms with Crippen LogP contribution in [0.4, 0.5) is 22.7 Å². The number of nitrogens with one attached hydrogen (secondary N) is 4. The Balaban J connectivity index is 1.04. The van der Waals surface area contributed by atoms with Crippen molar-refractivity contribution < 1.29 is 9.59 Å². The van der Waals surface area contributed by atoms with Crippen LogP contribution in [0.5, 0.6) is 0 Å². The molecule has 4 aromatic carbocycles. The van der Waals surface area contributed by atoms with Crippen LogP contribution in [0.25, 0.3) is 0 Å². The summed E-state index contributed by atoms with van der Waals surface area (Å²) in [4.78, 5) is 34.4. The molecule has 208 valence electrons. The van der Waals surface area contributed by atoms with E-state index in [1.165, 1.54) is 0 Å². The summed E-state index contributed by atoms with van der Waals surface area (Å²) in [5.41, 5.74) is 5.47. The van der Waals surface area contributed by atoms with Gasteiger partial charge < -0.3 is 21.3 Å². The third-order valence-electron chi connectivity index (χ3n) is 6.68. The van der Waals surface area contributed by atoms with Gasteiger partial charge in [0, 0.05) is 46.7 Å². The molecule has 2 aliphatic heterocycles. The van der Waals surface area contributed by atoms with E-state index in [9.17, 15) is 9.59 Å². The highest BCUT2D eigenvalue weighted by Crippen LogP contribution is 2.21. The Bertz CT molecular complexity index is 1580. The van der Waals surface area contributed by atoms with Crippen LogP contribution in [0.15, 0.2) is 117 Å². The zero-order valence-corrected chi connectivity index (χ0v) is 22.7. The summed E-state index contributed by atoms with van der Waals surface area (Å²) in [5.74, 6) is 1.24. The minimum atomic E-state index is -0.221. The van der Waals surface area contributed by atoms with Gasteiger partial charge in [-0.05, 0) is 72.8 Å². The molecule has 10 heteroatoms. The molecule has 0 saturated heterocycles. The number of carbonyl (C=O) groups excluding carboxylic acids is 2. The molecule has 10 nitrogen and oxygen atoms in total. The van der Waals surface area contributed by atoms with Gasteiger partial charge in [0.05, 0.1) is 24.5 Å². The van der Waals surface area contributed by atoms with Crippen molar-refractivity contribution in [2.24, 2.45) is 20.2 Å². The third kappa shape index (κ3) is 6.39. The van der Waals surface area contributed by atoms with E-state index in [1.807, 2.05) is 48.5 Å². The lowest BCUT2D eigenvalue weighted by Gasteiger charge is -2.08. The van der Waals surface area contributed by atoms with Crippen molar-refractivity contribution in [3.63, 3.8) is 0 Å². The van der Waals surface area contributed by atoms with Crippen LogP contribution in [0.3, 0.4) is 0 Å². The van der Waals surface area contributed by atoms with E-state index in [4.69, 9.17) is 0 Å². The molecule has 2 amide bonds. The van der Waals surface area contributed by atoms with E-state index in [1.54, 1.807) is 48.5 Å². The molecule has 6 rings (SSSR count). The van der Waals surface area contributed by atoms with Gasteiger partial charge in [-0.3, -0.25) is 19.6 Å². The normalized spacial score (nSPS) is 14.1. The van der Waals surface area contributed by atoms with Gasteiger partial charge in [0.25, 0.3) is 11.8 Å². The van der Waals surface area contributed by atoms with E-state index in [0.29, 0.717) is 33.9 Å². The Labute approximate surface area is 242 Å². The summed E-state index contributed by atoms with van der Waals surface area (Å²) < 4.78 is 0. The number of aliphatic imine (C=N–C) groups is 2. The summed E-state index contributed by atoms with van der Waals surface area (Å²) >= 11 is 0. The van der Waals surface area contributed by atoms with Gasteiger partial charge in [-0.1, -0.05) is 24.3 Å². The van der Waals surface area contributed by atoms with Gasteiger partial charge in [-0.2, -0.15) is 10.2 Å². The molecule has 0 saturated carbocycles. The highest BCUT2D eigenvalue weighted by Gasteiger charge is 2.12. The predicted octanol–water partition coefficient (Wildman–Crippen LogP) is 5.31. The van der Waals surface area contributed by atoms with Gasteiger partial charge in [0.2, 0.25) is 0 Å². The van der Waals surface area contributed by atoms with Crippen molar-refractivity contribution in [2.75, 3.05) is 36.8 Å². The minimum absolute atomic E-state index is 0.221. The van der Waals surface area contributed by atoms with Crippen molar-refractivity contribution in [3.8, 4) is 0 Å². The first-order chi connectivity index (χ1) is 20.6. The molecule has 2 aliphatic rings. The number of azo groups is 1. The fourth-order valence-corrected chi connectivity index (χ4v) is 4.55. The molecule has 4 N–H and O–H groups in total. The van der Waals surface area contributed by atoms with Crippen molar-refractivity contribution in [1.82, 2.24) is 10.6 Å². The first-order valence-electron chi connectivity index (χ1n) is 13.6. The zero-order chi connectivity index (χ0) is 28.7. The van der Waals surface area contributed by atoms with Crippen LogP contribution in [-0.4, -0.2) is 49.7 Å². The summed E-state index contributed by atoms with van der Waals surface area (Å²) in [7, 11) is 0. The number of rotatable bonds is 8. The molecule has 0 unspecified atom stereocenters. The van der Waals surface area contributed by atoms with Crippen molar-refractivity contribution in [2.45, 2.75) is 0 Å². The van der Waals surface area contributed by atoms with Crippen LogP contribution in [-0.2, 0) is 0 Å². The summed E-state index contributed by atoms with van der Waals surface area (Å²) in [6.07, 6.45) is 0. The number of nitrogens with zero attached hydrogens (tertiary/aromatic N) is 4. The second kappa shape index (κ2) is 12.3. The third-order valence-corrected chi connectivity index (χ3v) is 6.68. The Morgan fingerprint density at radius 3 is 1.40 bits per heavy atom. The van der Waals surface area contributed by atoms with E-state index >= 15 is 0 Å². The molecule has 42 heavy (non-hydrogen) atoms. The molecular formula is C32H28N8O2. The molecule has 0 spiro atoms. The van der Waals surface area contributed by atoms with Crippen molar-refractivity contribution in [1.29, 1.82) is 0 Å². The lowest BCUT2D eigenvalue weighted by Crippen LogP contribution is -2.19. The lowest BCUT2D eigenvalue weighted by atomic mass is 10.1. The average Bonchev–Trinajstić information content (AvgIpc) is 3.77. The molecule has 0 aliphatic carbocycles. The van der Waals surface area contributed by atoms with Gasteiger partial charge in [-0.25, -0.2) is 0 Å². The summed E-state index contributed by atoms with van der Waals surface area (Å²) in [6.45, 7) is 3.15. The fourth-order valence-electron chi connectivity index (χ4n) is 4.55. The number of hydrogen-bond donors (Lipinski definition) is 4. The maximum absolute atomic E-state index is 12.8. The molecule has 4 aromatic rings. The second-order valence-corrected chi connectivity index (χ2v) is 9.68. The molecular weight excluding hydrogens is 528 g/mol. The van der Waals surface area contributed by atoms with Gasteiger partial charge >= 0.3 is 0 Å². The number of benzene rings is 4. The van der Waals surface area contributed by atoms with Crippen LogP contribution in [0.1, 0.15) is 31.8 Å². The molecule has 2 heterocycles. The maximum atomic E-state index is 12.8. The minimum Gasteiger partial charge on any atom is -0.368 e. The highest BCUT2D eigenvalue weighted by atomic mass is 16.2. The molecule has 0 aromatic heterocycles. The van der Waals surface area contributed by atoms with Crippen LogP contribution in [0, 0.1) is 0 Å². The molecule has 0 radical (unpaired) electrons. The first kappa shape index (κ1) is 26.6. The number of anilines is 2. The highest BCUT2D eigenvalue weighted by molar-refractivity contribution is 6.07. The molecule has 0 atom stereocenters. The zero-order valence-electron chi connectivity index (χ0n) is 22.7. The lowest BCUT2D eigenvalue weighted by molar-refractivity contribution is 0.101. The van der Waals surface area contributed by atoms with Gasteiger partial charge in [0.15, 0.2) is 0 Å². The number of amides is 2.